The highest BCUT2D eigenvalue weighted by Crippen LogP contribution is 2.09. The largest absolute Gasteiger partial charge is 0.395 e. The van der Waals surface area contributed by atoms with E-state index in [-0.39, 0.29) is 12.6 Å². The van der Waals surface area contributed by atoms with E-state index in [1.165, 1.54) is 0 Å². The van der Waals surface area contributed by atoms with Gasteiger partial charge in [-0.25, -0.2) is 0 Å². The zero-order chi connectivity index (χ0) is 13.1. The van der Waals surface area contributed by atoms with Crippen LogP contribution in [0, 0.1) is 0 Å². The minimum absolute atomic E-state index is 0.164. The smallest absolute Gasteiger partial charge is 0.0597 e. The third kappa shape index (κ3) is 6.99. The molecule has 0 radical (unpaired) electrons. The number of hydrogen-bond donors (Lipinski definition) is 2. The third-order valence-corrected chi connectivity index (χ3v) is 3.21. The van der Waals surface area contributed by atoms with Gasteiger partial charge in [0.15, 0.2) is 0 Å². The van der Waals surface area contributed by atoms with Crippen molar-refractivity contribution in [3.8, 4) is 0 Å². The summed E-state index contributed by atoms with van der Waals surface area (Å²) in [5.74, 6) is 0. The van der Waals surface area contributed by atoms with E-state index < -0.39 is 0 Å². The molecule has 0 aliphatic carbocycles. The van der Waals surface area contributed by atoms with Crippen LogP contribution in [-0.2, 0) is 4.74 Å². The summed E-state index contributed by atoms with van der Waals surface area (Å²) in [5.41, 5.74) is 0. The normalized spacial score (nSPS) is 13.6. The Labute approximate surface area is 106 Å². The Morgan fingerprint density at radius 1 is 1.24 bits per heavy atom. The average Bonchev–Trinajstić information content (AvgIpc) is 2.36. The maximum Gasteiger partial charge on any atom is 0.0597 e. The molecule has 0 saturated heterocycles. The summed E-state index contributed by atoms with van der Waals surface area (Å²) < 4.78 is 5.16. The molecule has 0 heterocycles. The lowest BCUT2D eigenvalue weighted by molar-refractivity contribution is 0.0958. The summed E-state index contributed by atoms with van der Waals surface area (Å²) in [4.78, 5) is 2.42. The number of methoxy groups -OCH3 is 1. The van der Waals surface area contributed by atoms with E-state index in [1.54, 1.807) is 7.11 Å². The second-order valence-electron chi connectivity index (χ2n) is 4.40. The number of nitrogens with one attached hydrogen (secondary N) is 1. The van der Waals surface area contributed by atoms with E-state index in [2.05, 4.69) is 31.0 Å². The summed E-state index contributed by atoms with van der Waals surface area (Å²) in [5, 5.41) is 12.6. The van der Waals surface area contributed by atoms with Crippen molar-refractivity contribution in [3.05, 3.63) is 0 Å². The van der Waals surface area contributed by atoms with Crippen LogP contribution in [0.25, 0.3) is 0 Å². The SMILES string of the molecule is CCNC(CO)CN(CCOC)C(CC)CC. The molecular formula is C13H30N2O2. The number of likely N-dealkylation sites (N-methyl/N-ethyl adjacent to an activating group) is 1. The Morgan fingerprint density at radius 2 is 1.88 bits per heavy atom. The molecule has 0 bridgehead atoms. The summed E-state index contributed by atoms with van der Waals surface area (Å²) in [6.07, 6.45) is 2.29. The van der Waals surface area contributed by atoms with Gasteiger partial charge in [0.05, 0.1) is 13.2 Å². The minimum atomic E-state index is 0.164. The molecule has 0 amide bonds. The monoisotopic (exact) mass is 246 g/mol. The van der Waals surface area contributed by atoms with E-state index in [1.807, 2.05) is 0 Å². The topological polar surface area (TPSA) is 44.7 Å². The van der Waals surface area contributed by atoms with E-state index in [0.717, 1.165) is 39.1 Å². The first kappa shape index (κ1) is 16.8. The lowest BCUT2D eigenvalue weighted by Crippen LogP contribution is -2.48. The van der Waals surface area contributed by atoms with Gasteiger partial charge in [0.1, 0.15) is 0 Å². The zero-order valence-electron chi connectivity index (χ0n) is 11.9. The molecule has 1 unspecified atom stereocenters. The van der Waals surface area contributed by atoms with Crippen LogP contribution in [0.2, 0.25) is 0 Å². The van der Waals surface area contributed by atoms with Gasteiger partial charge in [0.25, 0.3) is 0 Å². The zero-order valence-corrected chi connectivity index (χ0v) is 11.9. The summed E-state index contributed by atoms with van der Waals surface area (Å²) in [6, 6.07) is 0.746. The van der Waals surface area contributed by atoms with Crippen molar-refractivity contribution in [1.82, 2.24) is 10.2 Å². The third-order valence-electron chi connectivity index (χ3n) is 3.21. The molecule has 4 nitrogen and oxygen atoms in total. The number of rotatable bonds is 11. The number of ether oxygens (including phenoxy) is 1. The molecule has 0 spiro atoms. The van der Waals surface area contributed by atoms with Crippen molar-refractivity contribution in [1.29, 1.82) is 0 Å². The average molecular weight is 246 g/mol. The lowest BCUT2D eigenvalue weighted by Gasteiger charge is -2.33. The molecule has 4 heteroatoms. The first-order valence-electron chi connectivity index (χ1n) is 6.80. The quantitative estimate of drug-likeness (QED) is 0.573. The van der Waals surface area contributed by atoms with Crippen molar-refractivity contribution in [2.24, 2.45) is 0 Å². The van der Waals surface area contributed by atoms with Crippen LogP contribution in [0.4, 0.5) is 0 Å². The Morgan fingerprint density at radius 3 is 2.29 bits per heavy atom. The van der Waals surface area contributed by atoms with E-state index in [9.17, 15) is 5.11 Å². The Hall–Kier alpha value is -0.160. The highest BCUT2D eigenvalue weighted by atomic mass is 16.5. The fourth-order valence-electron chi connectivity index (χ4n) is 2.20. The van der Waals surface area contributed by atoms with Gasteiger partial charge >= 0.3 is 0 Å². The Kier molecular flexibility index (Phi) is 10.9. The fraction of sp³-hybridized carbons (Fsp3) is 1.00. The van der Waals surface area contributed by atoms with Crippen LogP contribution < -0.4 is 5.32 Å². The van der Waals surface area contributed by atoms with Crippen LogP contribution in [0.1, 0.15) is 33.6 Å². The highest BCUT2D eigenvalue weighted by molar-refractivity contribution is 4.76. The second-order valence-corrected chi connectivity index (χ2v) is 4.40. The van der Waals surface area contributed by atoms with Crippen molar-refractivity contribution in [3.63, 3.8) is 0 Å². The Bertz CT molecular complexity index is 163. The summed E-state index contributed by atoms with van der Waals surface area (Å²) >= 11 is 0. The number of hydrogen-bond acceptors (Lipinski definition) is 4. The van der Waals surface area contributed by atoms with Crippen molar-refractivity contribution in [2.45, 2.75) is 45.7 Å². The predicted octanol–water partition coefficient (Wildman–Crippen LogP) is 1.09. The molecule has 104 valence electrons. The van der Waals surface area contributed by atoms with Gasteiger partial charge in [0, 0.05) is 32.3 Å². The molecule has 0 rings (SSSR count). The molecule has 0 aliphatic heterocycles. The van der Waals surface area contributed by atoms with Crippen LogP contribution >= 0.6 is 0 Å². The second kappa shape index (κ2) is 11.0. The molecule has 0 aromatic carbocycles. The number of aliphatic hydroxyl groups excluding tert-OH is 1. The molecular weight excluding hydrogens is 216 g/mol. The van der Waals surface area contributed by atoms with Gasteiger partial charge in [-0.15, -0.1) is 0 Å². The van der Waals surface area contributed by atoms with Crippen LogP contribution in [-0.4, -0.2) is 62.0 Å². The van der Waals surface area contributed by atoms with E-state index in [4.69, 9.17) is 4.74 Å². The number of nitrogens with zero attached hydrogens (tertiary/aromatic N) is 1. The first-order chi connectivity index (χ1) is 8.23. The maximum absolute atomic E-state index is 9.34. The highest BCUT2D eigenvalue weighted by Gasteiger charge is 2.18. The maximum atomic E-state index is 9.34. The molecule has 0 aliphatic rings. The Balaban J connectivity index is 4.32. The van der Waals surface area contributed by atoms with Gasteiger partial charge in [0.2, 0.25) is 0 Å². The summed E-state index contributed by atoms with van der Waals surface area (Å²) in [7, 11) is 1.74. The molecule has 1 atom stereocenters. The molecule has 17 heavy (non-hydrogen) atoms. The van der Waals surface area contributed by atoms with Gasteiger partial charge in [-0.1, -0.05) is 20.8 Å². The molecule has 0 fully saturated rings. The van der Waals surface area contributed by atoms with Crippen LogP contribution in [0.5, 0.6) is 0 Å². The molecule has 0 aromatic rings. The first-order valence-corrected chi connectivity index (χ1v) is 6.80. The van der Waals surface area contributed by atoms with Crippen molar-refractivity contribution in [2.75, 3.05) is 40.0 Å². The minimum Gasteiger partial charge on any atom is -0.395 e. The van der Waals surface area contributed by atoms with Crippen LogP contribution in [0.15, 0.2) is 0 Å². The van der Waals surface area contributed by atoms with Gasteiger partial charge in [-0.05, 0) is 19.4 Å². The van der Waals surface area contributed by atoms with Gasteiger partial charge in [-0.2, -0.15) is 0 Å². The van der Waals surface area contributed by atoms with Gasteiger partial charge in [-0.3, -0.25) is 4.90 Å². The van der Waals surface area contributed by atoms with E-state index in [0.29, 0.717) is 6.04 Å². The standard InChI is InChI=1S/C13H30N2O2/c1-5-13(6-2)15(8-9-17-4)10-12(11-16)14-7-3/h12-14,16H,5-11H2,1-4H3. The van der Waals surface area contributed by atoms with E-state index >= 15 is 0 Å². The number of aliphatic hydroxyl groups is 1. The summed E-state index contributed by atoms with van der Waals surface area (Å²) in [6.45, 7) is 10.2. The van der Waals surface area contributed by atoms with Crippen LogP contribution in [0.3, 0.4) is 0 Å². The molecule has 0 aromatic heterocycles. The molecule has 2 N–H and O–H groups in total. The predicted molar refractivity (Wildman–Crippen MR) is 72.4 cm³/mol. The lowest BCUT2D eigenvalue weighted by atomic mass is 10.1. The molecule has 0 saturated carbocycles. The van der Waals surface area contributed by atoms with Gasteiger partial charge < -0.3 is 15.2 Å². The van der Waals surface area contributed by atoms with Crippen molar-refractivity contribution < 1.29 is 9.84 Å². The fourth-order valence-corrected chi connectivity index (χ4v) is 2.20. The van der Waals surface area contributed by atoms with Crippen molar-refractivity contribution >= 4 is 0 Å².